The molecule has 21 heavy (non-hydrogen) atoms. The van der Waals surface area contributed by atoms with Crippen molar-refractivity contribution in [3.63, 3.8) is 0 Å². The maximum atomic E-state index is 5.17. The van der Waals surface area contributed by atoms with Crippen molar-refractivity contribution in [1.29, 1.82) is 0 Å². The molecule has 0 spiro atoms. The van der Waals surface area contributed by atoms with Crippen LogP contribution in [0.15, 0.2) is 41.8 Å². The van der Waals surface area contributed by atoms with Gasteiger partial charge in [0.05, 0.1) is 7.11 Å². The summed E-state index contributed by atoms with van der Waals surface area (Å²) < 4.78 is 5.17. The van der Waals surface area contributed by atoms with Gasteiger partial charge in [-0.15, -0.1) is 11.3 Å². The summed E-state index contributed by atoms with van der Waals surface area (Å²) in [6.45, 7) is 4.10. The third-order valence-corrected chi connectivity index (χ3v) is 4.35. The van der Waals surface area contributed by atoms with E-state index in [0.717, 1.165) is 38.3 Å². The van der Waals surface area contributed by atoms with E-state index in [4.69, 9.17) is 4.74 Å². The molecule has 0 bridgehead atoms. The predicted octanol–water partition coefficient (Wildman–Crippen LogP) is 3.02. The summed E-state index contributed by atoms with van der Waals surface area (Å²) >= 11 is 1.83. The summed E-state index contributed by atoms with van der Waals surface area (Å²) in [4.78, 5) is 3.79. The van der Waals surface area contributed by atoms with Gasteiger partial charge in [0.2, 0.25) is 0 Å². The number of nitrogens with one attached hydrogen (secondary N) is 1. The summed E-state index contributed by atoms with van der Waals surface area (Å²) in [5.74, 6) is 0.914. The van der Waals surface area contributed by atoms with Crippen molar-refractivity contribution in [2.75, 3.05) is 33.8 Å². The van der Waals surface area contributed by atoms with Crippen LogP contribution in [0.3, 0.4) is 0 Å². The van der Waals surface area contributed by atoms with Crippen molar-refractivity contribution in [3.8, 4) is 5.75 Å². The molecular formula is C17H24N2OS. The monoisotopic (exact) mass is 304 g/mol. The van der Waals surface area contributed by atoms with E-state index in [1.807, 2.05) is 23.5 Å². The Bertz CT molecular complexity index is 496. The minimum absolute atomic E-state index is 0.914. The van der Waals surface area contributed by atoms with Gasteiger partial charge < -0.3 is 15.0 Å². The number of benzene rings is 1. The van der Waals surface area contributed by atoms with Crippen LogP contribution in [0.4, 0.5) is 0 Å². The molecule has 1 aromatic carbocycles. The Hall–Kier alpha value is -1.36. The smallest absolute Gasteiger partial charge is 0.118 e. The summed E-state index contributed by atoms with van der Waals surface area (Å²) in [7, 11) is 3.86. The van der Waals surface area contributed by atoms with Crippen LogP contribution >= 0.6 is 11.3 Å². The number of likely N-dealkylation sites (N-methyl/N-ethyl adjacent to an activating group) is 1. The fraction of sp³-hybridized carbons (Fsp3) is 0.412. The van der Waals surface area contributed by atoms with Crippen molar-refractivity contribution >= 4 is 11.3 Å². The van der Waals surface area contributed by atoms with Gasteiger partial charge in [-0.25, -0.2) is 0 Å². The van der Waals surface area contributed by atoms with E-state index in [1.165, 1.54) is 10.4 Å². The van der Waals surface area contributed by atoms with E-state index in [-0.39, 0.29) is 0 Å². The number of hydrogen-bond acceptors (Lipinski definition) is 4. The van der Waals surface area contributed by atoms with Gasteiger partial charge in [-0.2, -0.15) is 0 Å². The second-order valence-corrected chi connectivity index (χ2v) is 6.20. The Morgan fingerprint density at radius 1 is 1.14 bits per heavy atom. The van der Waals surface area contributed by atoms with Gasteiger partial charge >= 0.3 is 0 Å². The molecule has 1 N–H and O–H groups in total. The minimum Gasteiger partial charge on any atom is -0.497 e. The quantitative estimate of drug-likeness (QED) is 0.721. The molecule has 0 aliphatic rings. The molecular weight excluding hydrogens is 280 g/mol. The van der Waals surface area contributed by atoms with Crippen LogP contribution in [0.5, 0.6) is 5.75 Å². The molecule has 0 aliphatic heterocycles. The van der Waals surface area contributed by atoms with Gasteiger partial charge in [-0.05, 0) is 42.6 Å². The molecule has 2 rings (SSSR count). The zero-order valence-corrected chi connectivity index (χ0v) is 13.7. The second-order valence-electron chi connectivity index (χ2n) is 5.17. The highest BCUT2D eigenvalue weighted by Crippen LogP contribution is 2.12. The van der Waals surface area contributed by atoms with Crippen LogP contribution < -0.4 is 10.1 Å². The first kappa shape index (κ1) is 16.0. The van der Waals surface area contributed by atoms with E-state index in [0.29, 0.717) is 0 Å². The van der Waals surface area contributed by atoms with E-state index < -0.39 is 0 Å². The van der Waals surface area contributed by atoms with Gasteiger partial charge in [-0.1, -0.05) is 18.2 Å². The van der Waals surface area contributed by atoms with Gasteiger partial charge in [0, 0.05) is 31.1 Å². The third-order valence-electron chi connectivity index (χ3n) is 3.41. The molecule has 3 nitrogen and oxygen atoms in total. The Balaban J connectivity index is 1.59. The van der Waals surface area contributed by atoms with Gasteiger partial charge in [0.25, 0.3) is 0 Å². The molecule has 0 amide bonds. The first-order valence-electron chi connectivity index (χ1n) is 7.32. The molecule has 1 aromatic heterocycles. The zero-order chi connectivity index (χ0) is 14.9. The Morgan fingerprint density at radius 3 is 2.62 bits per heavy atom. The van der Waals surface area contributed by atoms with Gasteiger partial charge in [0.15, 0.2) is 0 Å². The van der Waals surface area contributed by atoms with Crippen LogP contribution in [0.1, 0.15) is 10.4 Å². The van der Waals surface area contributed by atoms with Crippen LogP contribution in [-0.2, 0) is 13.0 Å². The molecule has 0 fully saturated rings. The van der Waals surface area contributed by atoms with Crippen LogP contribution in [0, 0.1) is 0 Å². The topological polar surface area (TPSA) is 24.5 Å². The van der Waals surface area contributed by atoms with Crippen LogP contribution in [-0.4, -0.2) is 38.7 Å². The standard InChI is InChI=1S/C17H24N2OS/c1-19(14-15-5-7-16(20-2)8-6-15)12-11-18-10-9-17-4-3-13-21-17/h3-8,13,18H,9-12,14H2,1-2H3. The van der Waals surface area contributed by atoms with Gasteiger partial charge in [0.1, 0.15) is 5.75 Å². The SMILES string of the molecule is COc1ccc(CN(C)CCNCCc2cccs2)cc1. The lowest BCUT2D eigenvalue weighted by molar-refractivity contribution is 0.324. The second kappa shape index (κ2) is 8.82. The molecule has 4 heteroatoms. The Labute approximate surface area is 131 Å². The lowest BCUT2D eigenvalue weighted by atomic mass is 10.2. The van der Waals surface area contributed by atoms with Gasteiger partial charge in [-0.3, -0.25) is 0 Å². The largest absolute Gasteiger partial charge is 0.497 e. The van der Waals surface area contributed by atoms with Crippen LogP contribution in [0.2, 0.25) is 0 Å². The maximum Gasteiger partial charge on any atom is 0.118 e. The Morgan fingerprint density at radius 2 is 1.95 bits per heavy atom. The van der Waals surface area contributed by atoms with Crippen molar-refractivity contribution in [2.24, 2.45) is 0 Å². The minimum atomic E-state index is 0.914. The molecule has 0 unspecified atom stereocenters. The first-order chi connectivity index (χ1) is 10.3. The highest BCUT2D eigenvalue weighted by atomic mass is 32.1. The molecule has 0 atom stereocenters. The molecule has 0 saturated carbocycles. The number of ether oxygens (including phenoxy) is 1. The van der Waals surface area contributed by atoms with Crippen molar-refractivity contribution < 1.29 is 4.74 Å². The fourth-order valence-electron chi connectivity index (χ4n) is 2.18. The molecule has 0 radical (unpaired) electrons. The summed E-state index contributed by atoms with van der Waals surface area (Å²) in [6.07, 6.45) is 1.12. The summed E-state index contributed by atoms with van der Waals surface area (Å²) in [5.41, 5.74) is 1.32. The van der Waals surface area contributed by atoms with Crippen molar-refractivity contribution in [3.05, 3.63) is 52.2 Å². The Kier molecular flexibility index (Phi) is 6.73. The first-order valence-corrected chi connectivity index (χ1v) is 8.20. The normalized spacial score (nSPS) is 11.0. The zero-order valence-electron chi connectivity index (χ0n) is 12.8. The number of rotatable bonds is 9. The lowest BCUT2D eigenvalue weighted by Crippen LogP contribution is -2.30. The fourth-order valence-corrected chi connectivity index (χ4v) is 2.89. The molecule has 2 aromatic rings. The lowest BCUT2D eigenvalue weighted by Gasteiger charge is -2.17. The van der Waals surface area contributed by atoms with E-state index in [2.05, 4.69) is 46.9 Å². The highest BCUT2D eigenvalue weighted by Gasteiger charge is 2.01. The van der Waals surface area contributed by atoms with E-state index in [1.54, 1.807) is 7.11 Å². The molecule has 114 valence electrons. The highest BCUT2D eigenvalue weighted by molar-refractivity contribution is 7.09. The van der Waals surface area contributed by atoms with Crippen molar-refractivity contribution in [2.45, 2.75) is 13.0 Å². The molecule has 1 heterocycles. The van der Waals surface area contributed by atoms with E-state index >= 15 is 0 Å². The average Bonchev–Trinajstić information content (AvgIpc) is 3.01. The molecule has 0 aliphatic carbocycles. The number of thiophene rings is 1. The number of hydrogen-bond donors (Lipinski definition) is 1. The number of nitrogens with zero attached hydrogens (tertiary/aromatic N) is 1. The molecule has 0 saturated heterocycles. The van der Waals surface area contributed by atoms with Crippen molar-refractivity contribution in [1.82, 2.24) is 10.2 Å². The summed E-state index contributed by atoms with van der Waals surface area (Å²) in [5, 5.41) is 5.64. The maximum absolute atomic E-state index is 5.17. The number of methoxy groups -OCH3 is 1. The predicted molar refractivity (Wildman–Crippen MR) is 90.2 cm³/mol. The average molecular weight is 304 g/mol. The third kappa shape index (κ3) is 5.87. The van der Waals surface area contributed by atoms with E-state index in [9.17, 15) is 0 Å². The summed E-state index contributed by atoms with van der Waals surface area (Å²) in [6, 6.07) is 12.6. The van der Waals surface area contributed by atoms with Crippen LogP contribution in [0.25, 0.3) is 0 Å².